The Balaban J connectivity index is 1.54. The zero-order valence-corrected chi connectivity index (χ0v) is 16.5. The van der Waals surface area contributed by atoms with Gasteiger partial charge in [0.15, 0.2) is 0 Å². The van der Waals surface area contributed by atoms with Gasteiger partial charge in [0.1, 0.15) is 23.2 Å². The van der Waals surface area contributed by atoms with Crippen LogP contribution in [0.5, 0.6) is 0 Å². The molecule has 29 heavy (non-hydrogen) atoms. The van der Waals surface area contributed by atoms with E-state index in [0.717, 1.165) is 35.7 Å². The first-order valence-electron chi connectivity index (χ1n) is 9.69. The van der Waals surface area contributed by atoms with E-state index in [2.05, 4.69) is 25.3 Å². The largest absolute Gasteiger partial charge is 0.337 e. The second kappa shape index (κ2) is 8.30. The number of hydrogen-bond donors (Lipinski definition) is 1. The molecule has 0 spiro atoms. The number of carbonyl (C=O) groups is 1. The van der Waals surface area contributed by atoms with E-state index in [1.54, 1.807) is 12.4 Å². The van der Waals surface area contributed by atoms with Crippen molar-refractivity contribution in [2.75, 3.05) is 18.4 Å². The summed E-state index contributed by atoms with van der Waals surface area (Å²) in [5.74, 6) is 2.22. The number of rotatable bonds is 4. The van der Waals surface area contributed by atoms with Gasteiger partial charge >= 0.3 is 0 Å². The molecule has 3 aromatic heterocycles. The van der Waals surface area contributed by atoms with Crippen LogP contribution in [0.2, 0.25) is 0 Å². The minimum absolute atomic E-state index is 0.0784. The van der Waals surface area contributed by atoms with Gasteiger partial charge in [0, 0.05) is 49.4 Å². The Labute approximate surface area is 169 Å². The fourth-order valence-electron chi connectivity index (χ4n) is 3.52. The molecule has 8 nitrogen and oxygen atoms in total. The molecule has 1 aliphatic rings. The van der Waals surface area contributed by atoms with Crippen LogP contribution < -0.4 is 5.32 Å². The summed E-state index contributed by atoms with van der Waals surface area (Å²) in [6.07, 6.45) is 8.20. The van der Waals surface area contributed by atoms with Crippen LogP contribution in [0.4, 0.5) is 11.6 Å². The Bertz CT molecular complexity index is 1010. The maximum atomic E-state index is 12.8. The minimum atomic E-state index is -0.0992. The first-order valence-corrected chi connectivity index (χ1v) is 9.69. The van der Waals surface area contributed by atoms with Gasteiger partial charge in [-0.05, 0) is 38.3 Å². The van der Waals surface area contributed by atoms with Crippen LogP contribution in [0, 0.1) is 13.8 Å². The van der Waals surface area contributed by atoms with Crippen molar-refractivity contribution in [3.63, 3.8) is 0 Å². The normalized spacial score (nSPS) is 16.5. The summed E-state index contributed by atoms with van der Waals surface area (Å²) in [4.78, 5) is 36.5. The first-order chi connectivity index (χ1) is 14.1. The highest BCUT2D eigenvalue weighted by Gasteiger charge is 2.28. The molecule has 4 rings (SSSR count). The number of anilines is 2. The molecule has 0 saturated carbocycles. The molecule has 148 valence electrons. The van der Waals surface area contributed by atoms with Crippen LogP contribution in [-0.4, -0.2) is 48.8 Å². The monoisotopic (exact) mass is 389 g/mol. The van der Waals surface area contributed by atoms with Crippen molar-refractivity contribution in [1.82, 2.24) is 29.8 Å². The molecule has 1 aliphatic heterocycles. The standard InChI is InChI=1S/C21H23N7O/c1-14-5-3-7-24-19(14)26-18-11-15(2)25-20(27-18)16-6-4-10-28(13-16)21(29)17-12-22-8-9-23-17/h3,5,7-9,11-12,16H,4,6,10,13H2,1-2H3,(H,24,25,26,27). The van der Waals surface area contributed by atoms with E-state index in [0.29, 0.717) is 24.6 Å². The fraction of sp³-hybridized carbons (Fsp3) is 0.333. The molecule has 1 saturated heterocycles. The highest BCUT2D eigenvalue weighted by atomic mass is 16.2. The third-order valence-corrected chi connectivity index (χ3v) is 4.98. The van der Waals surface area contributed by atoms with E-state index in [9.17, 15) is 4.79 Å². The van der Waals surface area contributed by atoms with E-state index in [4.69, 9.17) is 4.98 Å². The predicted molar refractivity (Wildman–Crippen MR) is 109 cm³/mol. The number of pyridine rings is 1. The molecule has 0 radical (unpaired) electrons. The lowest BCUT2D eigenvalue weighted by Crippen LogP contribution is -2.40. The maximum absolute atomic E-state index is 12.8. The van der Waals surface area contributed by atoms with Crippen LogP contribution in [-0.2, 0) is 0 Å². The van der Waals surface area contributed by atoms with Crippen LogP contribution in [0.15, 0.2) is 43.0 Å². The van der Waals surface area contributed by atoms with Gasteiger partial charge in [0.05, 0.1) is 6.20 Å². The Hall–Kier alpha value is -3.42. The number of nitrogens with one attached hydrogen (secondary N) is 1. The molecule has 1 unspecified atom stereocenters. The highest BCUT2D eigenvalue weighted by molar-refractivity contribution is 5.92. The summed E-state index contributed by atoms with van der Waals surface area (Å²) in [5, 5.41) is 3.29. The summed E-state index contributed by atoms with van der Waals surface area (Å²) in [7, 11) is 0. The Morgan fingerprint density at radius 1 is 1.17 bits per heavy atom. The number of nitrogens with zero attached hydrogens (tertiary/aromatic N) is 6. The summed E-state index contributed by atoms with van der Waals surface area (Å²) in [6, 6.07) is 5.81. The highest BCUT2D eigenvalue weighted by Crippen LogP contribution is 2.27. The fourth-order valence-corrected chi connectivity index (χ4v) is 3.52. The molecule has 0 bridgehead atoms. The summed E-state index contributed by atoms with van der Waals surface area (Å²) in [5.41, 5.74) is 2.29. The van der Waals surface area contributed by atoms with E-state index in [1.807, 2.05) is 36.9 Å². The van der Waals surface area contributed by atoms with Gasteiger partial charge in [0.2, 0.25) is 0 Å². The lowest BCUT2D eigenvalue weighted by Gasteiger charge is -2.32. The number of carbonyl (C=O) groups excluding carboxylic acids is 1. The molecule has 0 aromatic carbocycles. The van der Waals surface area contributed by atoms with Crippen molar-refractivity contribution in [3.8, 4) is 0 Å². The third kappa shape index (κ3) is 4.37. The van der Waals surface area contributed by atoms with Crippen molar-refractivity contribution < 1.29 is 4.79 Å². The van der Waals surface area contributed by atoms with Crippen molar-refractivity contribution in [3.05, 3.63) is 65.8 Å². The minimum Gasteiger partial charge on any atom is -0.337 e. The first kappa shape index (κ1) is 18.9. The molecular formula is C21H23N7O. The van der Waals surface area contributed by atoms with Gasteiger partial charge < -0.3 is 10.2 Å². The number of aryl methyl sites for hydroxylation is 2. The van der Waals surface area contributed by atoms with Gasteiger partial charge in [0.25, 0.3) is 5.91 Å². The maximum Gasteiger partial charge on any atom is 0.274 e. The molecule has 1 fully saturated rings. The molecule has 1 atom stereocenters. The Morgan fingerprint density at radius 3 is 2.86 bits per heavy atom. The van der Waals surface area contributed by atoms with Crippen LogP contribution >= 0.6 is 0 Å². The topological polar surface area (TPSA) is 96.8 Å². The molecule has 8 heteroatoms. The van der Waals surface area contributed by atoms with Crippen molar-refractivity contribution >= 4 is 17.5 Å². The van der Waals surface area contributed by atoms with Crippen LogP contribution in [0.1, 0.15) is 46.3 Å². The van der Waals surface area contributed by atoms with Crippen molar-refractivity contribution in [2.45, 2.75) is 32.6 Å². The number of likely N-dealkylation sites (tertiary alicyclic amines) is 1. The average Bonchev–Trinajstić information content (AvgIpc) is 2.75. The van der Waals surface area contributed by atoms with E-state index in [-0.39, 0.29) is 11.8 Å². The van der Waals surface area contributed by atoms with Crippen LogP contribution in [0.3, 0.4) is 0 Å². The second-order valence-corrected chi connectivity index (χ2v) is 7.23. The molecule has 1 amide bonds. The SMILES string of the molecule is Cc1cc(Nc2ncccc2C)nc(C2CCCN(C(=O)c3cnccn3)C2)n1. The van der Waals surface area contributed by atoms with E-state index < -0.39 is 0 Å². The predicted octanol–water partition coefficient (Wildman–Crippen LogP) is 3.04. The number of aromatic nitrogens is 5. The zero-order valence-electron chi connectivity index (χ0n) is 16.5. The van der Waals surface area contributed by atoms with E-state index in [1.165, 1.54) is 12.4 Å². The Morgan fingerprint density at radius 2 is 2.07 bits per heavy atom. The summed E-state index contributed by atoms with van der Waals surface area (Å²) < 4.78 is 0. The number of amides is 1. The smallest absolute Gasteiger partial charge is 0.274 e. The van der Waals surface area contributed by atoms with E-state index >= 15 is 0 Å². The quantitative estimate of drug-likeness (QED) is 0.732. The lowest BCUT2D eigenvalue weighted by atomic mass is 9.96. The molecule has 1 N–H and O–H groups in total. The third-order valence-electron chi connectivity index (χ3n) is 4.98. The lowest BCUT2D eigenvalue weighted by molar-refractivity contribution is 0.0698. The number of piperidine rings is 1. The summed E-state index contributed by atoms with van der Waals surface area (Å²) >= 11 is 0. The average molecular weight is 389 g/mol. The van der Waals surface area contributed by atoms with Crippen LogP contribution in [0.25, 0.3) is 0 Å². The van der Waals surface area contributed by atoms with Gasteiger partial charge in [-0.2, -0.15) is 0 Å². The summed E-state index contributed by atoms with van der Waals surface area (Å²) in [6.45, 7) is 5.23. The van der Waals surface area contributed by atoms with Gasteiger partial charge in [-0.25, -0.2) is 19.9 Å². The van der Waals surface area contributed by atoms with Gasteiger partial charge in [-0.3, -0.25) is 9.78 Å². The van der Waals surface area contributed by atoms with Gasteiger partial charge in [-0.15, -0.1) is 0 Å². The van der Waals surface area contributed by atoms with Crippen molar-refractivity contribution in [1.29, 1.82) is 0 Å². The second-order valence-electron chi connectivity index (χ2n) is 7.23. The molecule has 3 aromatic rings. The van der Waals surface area contributed by atoms with Crippen molar-refractivity contribution in [2.24, 2.45) is 0 Å². The molecule has 4 heterocycles. The molecule has 0 aliphatic carbocycles. The van der Waals surface area contributed by atoms with Gasteiger partial charge in [-0.1, -0.05) is 6.07 Å². The molecular weight excluding hydrogens is 366 g/mol. The Kier molecular flexibility index (Phi) is 5.41. The zero-order chi connectivity index (χ0) is 20.2. The number of hydrogen-bond acceptors (Lipinski definition) is 7.